The first-order valence-electron chi connectivity index (χ1n) is 8.56. The summed E-state index contributed by atoms with van der Waals surface area (Å²) in [7, 11) is 0. The molecule has 0 aliphatic heterocycles. The van der Waals surface area contributed by atoms with E-state index in [1.165, 1.54) is 4.90 Å². The van der Waals surface area contributed by atoms with E-state index in [-0.39, 0.29) is 18.4 Å². The van der Waals surface area contributed by atoms with E-state index in [1.807, 2.05) is 20.8 Å². The molecule has 26 heavy (non-hydrogen) atoms. The van der Waals surface area contributed by atoms with Crippen molar-refractivity contribution >= 4 is 39.5 Å². The van der Waals surface area contributed by atoms with Crippen molar-refractivity contribution in [2.75, 3.05) is 18.4 Å². The van der Waals surface area contributed by atoms with Gasteiger partial charge in [-0.3, -0.25) is 9.59 Å². The van der Waals surface area contributed by atoms with Crippen LogP contribution in [0.15, 0.2) is 28.7 Å². The van der Waals surface area contributed by atoms with Crippen LogP contribution in [0.1, 0.15) is 33.6 Å². The minimum absolute atomic E-state index is 0.158. The fourth-order valence-corrected chi connectivity index (χ4v) is 2.74. The van der Waals surface area contributed by atoms with Gasteiger partial charge in [-0.2, -0.15) is 0 Å². The Labute approximate surface area is 162 Å². The lowest BCUT2D eigenvalue weighted by Crippen LogP contribution is -2.51. The SMILES string of the molecule is CCCN(CC(=O)O)C(=O)C(CC(C)C)NC(=O)Nc1ccc(Br)cc1. The van der Waals surface area contributed by atoms with Crippen molar-refractivity contribution in [3.8, 4) is 0 Å². The van der Waals surface area contributed by atoms with E-state index >= 15 is 0 Å². The Morgan fingerprint density at radius 3 is 2.31 bits per heavy atom. The van der Waals surface area contributed by atoms with Gasteiger partial charge in [-0.1, -0.05) is 36.7 Å². The first-order chi connectivity index (χ1) is 12.2. The van der Waals surface area contributed by atoms with E-state index in [2.05, 4.69) is 26.6 Å². The fourth-order valence-electron chi connectivity index (χ4n) is 2.47. The first kappa shape index (κ1) is 22.0. The van der Waals surface area contributed by atoms with Crippen LogP contribution in [0.25, 0.3) is 0 Å². The average molecular weight is 428 g/mol. The zero-order valence-electron chi connectivity index (χ0n) is 15.3. The van der Waals surface area contributed by atoms with Crippen molar-refractivity contribution in [3.63, 3.8) is 0 Å². The number of aliphatic carboxylic acids is 1. The van der Waals surface area contributed by atoms with E-state index in [1.54, 1.807) is 24.3 Å². The zero-order chi connectivity index (χ0) is 19.7. The molecule has 1 rings (SSSR count). The Morgan fingerprint density at radius 1 is 1.19 bits per heavy atom. The second-order valence-corrected chi connectivity index (χ2v) is 7.36. The quantitative estimate of drug-likeness (QED) is 0.562. The van der Waals surface area contributed by atoms with Gasteiger partial charge in [0.15, 0.2) is 0 Å². The highest BCUT2D eigenvalue weighted by molar-refractivity contribution is 9.10. The number of anilines is 1. The van der Waals surface area contributed by atoms with Gasteiger partial charge in [0.05, 0.1) is 0 Å². The Balaban J connectivity index is 2.83. The Kier molecular flexibility index (Phi) is 9.12. The van der Waals surface area contributed by atoms with Crippen LogP contribution in [-0.2, 0) is 9.59 Å². The van der Waals surface area contributed by atoms with Crippen molar-refractivity contribution in [1.29, 1.82) is 0 Å². The highest BCUT2D eigenvalue weighted by atomic mass is 79.9. The summed E-state index contributed by atoms with van der Waals surface area (Å²) in [5.41, 5.74) is 0.595. The lowest BCUT2D eigenvalue weighted by Gasteiger charge is -2.27. The standard InChI is InChI=1S/C18H26BrN3O4/c1-4-9-22(11-16(23)24)17(25)15(10-12(2)3)21-18(26)20-14-7-5-13(19)6-8-14/h5-8,12,15H,4,9-11H2,1-3H3,(H,23,24)(H2,20,21,26). The molecule has 0 spiro atoms. The maximum Gasteiger partial charge on any atom is 0.323 e. The fraction of sp³-hybridized carbons (Fsp3) is 0.500. The number of nitrogens with one attached hydrogen (secondary N) is 2. The summed E-state index contributed by atoms with van der Waals surface area (Å²) in [6.07, 6.45) is 1.06. The van der Waals surface area contributed by atoms with E-state index in [4.69, 9.17) is 5.11 Å². The first-order valence-corrected chi connectivity index (χ1v) is 9.35. The Morgan fingerprint density at radius 2 is 1.81 bits per heavy atom. The van der Waals surface area contributed by atoms with Crippen LogP contribution in [0.5, 0.6) is 0 Å². The van der Waals surface area contributed by atoms with Crippen LogP contribution in [0.2, 0.25) is 0 Å². The molecule has 8 heteroatoms. The number of rotatable bonds is 9. The van der Waals surface area contributed by atoms with Gasteiger partial charge in [-0.15, -0.1) is 0 Å². The van der Waals surface area contributed by atoms with Gasteiger partial charge in [0, 0.05) is 16.7 Å². The van der Waals surface area contributed by atoms with E-state index in [0.29, 0.717) is 25.1 Å². The smallest absolute Gasteiger partial charge is 0.323 e. The molecule has 1 aromatic carbocycles. The molecule has 3 amide bonds. The van der Waals surface area contributed by atoms with Gasteiger partial charge in [-0.05, 0) is 43.0 Å². The molecule has 144 valence electrons. The predicted octanol–water partition coefficient (Wildman–Crippen LogP) is 3.31. The highest BCUT2D eigenvalue weighted by Gasteiger charge is 2.27. The second kappa shape index (κ2) is 10.8. The molecule has 0 aliphatic rings. The molecule has 3 N–H and O–H groups in total. The molecule has 0 radical (unpaired) electrons. The molecule has 0 fully saturated rings. The van der Waals surface area contributed by atoms with Crippen LogP contribution in [0.3, 0.4) is 0 Å². The van der Waals surface area contributed by atoms with Gasteiger partial charge in [0.2, 0.25) is 5.91 Å². The number of hydrogen-bond acceptors (Lipinski definition) is 3. The van der Waals surface area contributed by atoms with Crippen molar-refractivity contribution in [1.82, 2.24) is 10.2 Å². The molecule has 7 nitrogen and oxygen atoms in total. The molecule has 0 aromatic heterocycles. The van der Waals surface area contributed by atoms with Crippen LogP contribution in [-0.4, -0.2) is 47.0 Å². The van der Waals surface area contributed by atoms with Crippen molar-refractivity contribution < 1.29 is 19.5 Å². The summed E-state index contributed by atoms with van der Waals surface area (Å²) < 4.78 is 0.889. The molecular weight excluding hydrogens is 402 g/mol. The summed E-state index contributed by atoms with van der Waals surface area (Å²) in [5, 5.41) is 14.4. The number of urea groups is 1. The molecular formula is C18H26BrN3O4. The molecule has 0 heterocycles. The summed E-state index contributed by atoms with van der Waals surface area (Å²) in [6, 6.07) is 5.77. The molecule has 0 saturated carbocycles. The average Bonchev–Trinajstić information content (AvgIpc) is 2.54. The number of carboxylic acid groups (broad SMARTS) is 1. The molecule has 0 aliphatic carbocycles. The maximum atomic E-state index is 12.8. The summed E-state index contributed by atoms with van der Waals surface area (Å²) in [5.74, 6) is -1.30. The largest absolute Gasteiger partial charge is 0.480 e. The number of hydrogen-bond donors (Lipinski definition) is 3. The van der Waals surface area contributed by atoms with Crippen LogP contribution in [0.4, 0.5) is 10.5 Å². The number of carbonyl (C=O) groups excluding carboxylic acids is 2. The number of nitrogens with zero attached hydrogens (tertiary/aromatic N) is 1. The number of amides is 3. The molecule has 0 saturated heterocycles. The lowest BCUT2D eigenvalue weighted by atomic mass is 10.0. The number of carbonyl (C=O) groups is 3. The van der Waals surface area contributed by atoms with E-state index in [0.717, 1.165) is 4.47 Å². The van der Waals surface area contributed by atoms with Crippen LogP contribution < -0.4 is 10.6 Å². The predicted molar refractivity (Wildman–Crippen MR) is 104 cm³/mol. The third-order valence-electron chi connectivity index (χ3n) is 3.54. The van der Waals surface area contributed by atoms with Gasteiger partial charge in [-0.25, -0.2) is 4.79 Å². The van der Waals surface area contributed by atoms with E-state index in [9.17, 15) is 14.4 Å². The minimum Gasteiger partial charge on any atom is -0.480 e. The maximum absolute atomic E-state index is 12.8. The van der Waals surface area contributed by atoms with Gasteiger partial charge in [0.25, 0.3) is 0 Å². The number of halogens is 1. The molecule has 1 unspecified atom stereocenters. The second-order valence-electron chi connectivity index (χ2n) is 6.44. The molecule has 1 aromatic rings. The Bertz CT molecular complexity index is 619. The van der Waals surface area contributed by atoms with E-state index < -0.39 is 18.0 Å². The number of carboxylic acids is 1. The number of benzene rings is 1. The van der Waals surface area contributed by atoms with Gasteiger partial charge < -0.3 is 20.6 Å². The Hall–Kier alpha value is -2.09. The summed E-state index contributed by atoms with van der Waals surface area (Å²) in [6.45, 7) is 5.70. The van der Waals surface area contributed by atoms with Gasteiger partial charge >= 0.3 is 12.0 Å². The zero-order valence-corrected chi connectivity index (χ0v) is 16.9. The monoisotopic (exact) mass is 427 g/mol. The normalized spacial score (nSPS) is 11.7. The van der Waals surface area contributed by atoms with Crippen LogP contribution >= 0.6 is 15.9 Å². The summed E-state index contributed by atoms with van der Waals surface area (Å²) >= 11 is 3.32. The minimum atomic E-state index is -1.07. The van der Waals surface area contributed by atoms with Crippen molar-refractivity contribution in [3.05, 3.63) is 28.7 Å². The van der Waals surface area contributed by atoms with Crippen molar-refractivity contribution in [2.24, 2.45) is 5.92 Å². The topological polar surface area (TPSA) is 98.7 Å². The van der Waals surface area contributed by atoms with Crippen LogP contribution in [0, 0.1) is 5.92 Å². The third kappa shape index (κ3) is 7.86. The summed E-state index contributed by atoms with van der Waals surface area (Å²) in [4.78, 5) is 37.3. The molecule has 0 bridgehead atoms. The lowest BCUT2D eigenvalue weighted by molar-refractivity contribution is -0.145. The third-order valence-corrected chi connectivity index (χ3v) is 4.07. The molecule has 1 atom stereocenters. The van der Waals surface area contributed by atoms with Gasteiger partial charge in [0.1, 0.15) is 12.6 Å². The highest BCUT2D eigenvalue weighted by Crippen LogP contribution is 2.14. The van der Waals surface area contributed by atoms with Crippen molar-refractivity contribution in [2.45, 2.75) is 39.7 Å².